The smallest absolute Gasteiger partial charge is 0.341 e. The van der Waals surface area contributed by atoms with Crippen LogP contribution >= 0.6 is 34.4 Å². The standard InChI is InChI=1S/C35H35N3O5S3/c1-22(31(39)38-34-30(35(42)43-2)27-17-8-3-4-9-18-29(27)46-34)45-26-15-10-14-24(20-26)36-33(41)28(21-25-16-11-19-44-25)37-32(40)23-12-6-5-7-13-23/h5-7,10-16,19-22H,3-4,8-9,17-18H2,1-2H3,(H,36,41)(H,37,40)(H,38,39)/b28-21-. The van der Waals surface area contributed by atoms with Crippen molar-refractivity contribution < 1.29 is 23.9 Å². The monoisotopic (exact) mass is 673 g/mol. The van der Waals surface area contributed by atoms with Crippen LogP contribution in [0, 0.1) is 0 Å². The van der Waals surface area contributed by atoms with Crippen LogP contribution in [0.25, 0.3) is 6.08 Å². The lowest BCUT2D eigenvalue weighted by Crippen LogP contribution is -2.30. The van der Waals surface area contributed by atoms with Gasteiger partial charge < -0.3 is 20.7 Å². The number of esters is 1. The van der Waals surface area contributed by atoms with Crippen molar-refractivity contribution in [2.45, 2.75) is 55.6 Å². The first kappa shape index (κ1) is 33.2. The SMILES string of the molecule is COC(=O)c1c(NC(=O)C(C)Sc2cccc(NC(=O)/C(=C/c3cccs3)NC(=O)c3ccccc3)c2)sc2c1CCCCCC2. The number of methoxy groups -OCH3 is 1. The molecular formula is C35H35N3O5S3. The van der Waals surface area contributed by atoms with Crippen LogP contribution in [0.4, 0.5) is 10.7 Å². The minimum Gasteiger partial charge on any atom is -0.465 e. The predicted molar refractivity (Wildman–Crippen MR) is 187 cm³/mol. The molecular weight excluding hydrogens is 639 g/mol. The number of ether oxygens (including phenoxy) is 1. The highest BCUT2D eigenvalue weighted by atomic mass is 32.2. The Bertz CT molecular complexity index is 1730. The molecule has 2 aromatic carbocycles. The molecule has 1 unspecified atom stereocenters. The van der Waals surface area contributed by atoms with E-state index < -0.39 is 23.0 Å². The lowest BCUT2D eigenvalue weighted by Gasteiger charge is -2.14. The Morgan fingerprint density at radius 1 is 0.913 bits per heavy atom. The fraction of sp³-hybridized carbons (Fsp3) is 0.257. The second kappa shape index (κ2) is 15.9. The first-order valence-corrected chi connectivity index (χ1v) is 17.6. The summed E-state index contributed by atoms with van der Waals surface area (Å²) in [5, 5.41) is 10.6. The summed E-state index contributed by atoms with van der Waals surface area (Å²) in [5.74, 6) is -1.53. The largest absolute Gasteiger partial charge is 0.465 e. The van der Waals surface area contributed by atoms with Crippen molar-refractivity contribution in [3.8, 4) is 0 Å². The zero-order chi connectivity index (χ0) is 32.5. The Hall–Kier alpha value is -4.19. The number of carbonyl (C=O) groups excluding carboxylic acids is 4. The highest BCUT2D eigenvalue weighted by molar-refractivity contribution is 8.00. The van der Waals surface area contributed by atoms with Crippen LogP contribution < -0.4 is 16.0 Å². The van der Waals surface area contributed by atoms with Gasteiger partial charge in [0.2, 0.25) is 5.91 Å². The molecule has 4 aromatic rings. The molecule has 3 N–H and O–H groups in total. The van der Waals surface area contributed by atoms with Gasteiger partial charge in [0.05, 0.1) is 17.9 Å². The van der Waals surface area contributed by atoms with Gasteiger partial charge in [-0.25, -0.2) is 4.79 Å². The lowest BCUT2D eigenvalue weighted by atomic mass is 9.96. The van der Waals surface area contributed by atoms with E-state index in [1.54, 1.807) is 55.5 Å². The second-order valence-corrected chi connectivity index (χ2v) is 14.2. The molecule has 1 aliphatic rings. The molecule has 2 aromatic heterocycles. The first-order chi connectivity index (χ1) is 22.3. The molecule has 8 nitrogen and oxygen atoms in total. The van der Waals surface area contributed by atoms with Crippen LogP contribution in [0.3, 0.4) is 0 Å². The summed E-state index contributed by atoms with van der Waals surface area (Å²) < 4.78 is 5.10. The van der Waals surface area contributed by atoms with Crippen molar-refractivity contribution in [3.63, 3.8) is 0 Å². The normalized spacial score (nSPS) is 13.8. The number of carbonyl (C=O) groups is 4. The van der Waals surface area contributed by atoms with Gasteiger partial charge in [0.15, 0.2) is 0 Å². The lowest BCUT2D eigenvalue weighted by molar-refractivity contribution is -0.115. The Morgan fingerprint density at radius 3 is 2.43 bits per heavy atom. The van der Waals surface area contributed by atoms with Crippen LogP contribution in [0.2, 0.25) is 0 Å². The fourth-order valence-corrected chi connectivity index (χ4v) is 7.96. The molecule has 5 rings (SSSR count). The second-order valence-electron chi connectivity index (χ2n) is 10.7. The van der Waals surface area contributed by atoms with Gasteiger partial charge in [0.1, 0.15) is 10.7 Å². The topological polar surface area (TPSA) is 114 Å². The van der Waals surface area contributed by atoms with Gasteiger partial charge in [-0.15, -0.1) is 34.4 Å². The molecule has 1 atom stereocenters. The Labute approximate surface area is 280 Å². The number of amides is 3. The number of fused-ring (bicyclic) bond motifs is 1. The number of aryl methyl sites for hydroxylation is 1. The first-order valence-electron chi connectivity index (χ1n) is 15.1. The van der Waals surface area contributed by atoms with E-state index in [1.807, 2.05) is 29.6 Å². The molecule has 0 radical (unpaired) electrons. The summed E-state index contributed by atoms with van der Waals surface area (Å²) in [6, 6.07) is 19.6. The van der Waals surface area contributed by atoms with E-state index in [2.05, 4.69) is 16.0 Å². The van der Waals surface area contributed by atoms with Gasteiger partial charge in [-0.1, -0.05) is 43.2 Å². The molecule has 11 heteroatoms. The molecule has 3 amide bonds. The number of thiophene rings is 2. The van der Waals surface area contributed by atoms with E-state index in [0.717, 1.165) is 58.7 Å². The maximum absolute atomic E-state index is 13.4. The third-order valence-corrected chi connectivity index (χ3v) is 10.6. The van der Waals surface area contributed by atoms with Crippen molar-refractivity contribution >= 4 is 74.9 Å². The molecule has 1 aliphatic carbocycles. The van der Waals surface area contributed by atoms with Gasteiger partial charge in [-0.3, -0.25) is 14.4 Å². The van der Waals surface area contributed by atoms with Gasteiger partial charge in [-0.05, 0) is 86.0 Å². The van der Waals surface area contributed by atoms with E-state index in [0.29, 0.717) is 21.8 Å². The number of nitrogens with one attached hydrogen (secondary N) is 3. The van der Waals surface area contributed by atoms with Crippen LogP contribution in [-0.4, -0.2) is 36.1 Å². The third kappa shape index (κ3) is 8.54. The maximum atomic E-state index is 13.4. The molecule has 46 heavy (non-hydrogen) atoms. The van der Waals surface area contributed by atoms with E-state index in [1.165, 1.54) is 41.5 Å². The van der Waals surface area contributed by atoms with E-state index in [4.69, 9.17) is 4.74 Å². The number of rotatable bonds is 10. The highest BCUT2D eigenvalue weighted by Gasteiger charge is 2.27. The summed E-state index contributed by atoms with van der Waals surface area (Å²) in [4.78, 5) is 55.1. The van der Waals surface area contributed by atoms with Crippen LogP contribution in [-0.2, 0) is 27.2 Å². The van der Waals surface area contributed by atoms with Crippen molar-refractivity contribution in [1.29, 1.82) is 0 Å². The minimum absolute atomic E-state index is 0.105. The van der Waals surface area contributed by atoms with Gasteiger partial charge >= 0.3 is 5.97 Å². The number of hydrogen-bond donors (Lipinski definition) is 3. The van der Waals surface area contributed by atoms with E-state index in [-0.39, 0.29) is 11.6 Å². The number of benzene rings is 2. The Kier molecular flexibility index (Phi) is 11.5. The zero-order valence-electron chi connectivity index (χ0n) is 25.6. The van der Waals surface area contributed by atoms with Crippen molar-refractivity contribution in [1.82, 2.24) is 5.32 Å². The highest BCUT2D eigenvalue weighted by Crippen LogP contribution is 2.38. The molecule has 0 fully saturated rings. The van der Waals surface area contributed by atoms with Crippen LogP contribution in [0.15, 0.2) is 82.7 Å². The maximum Gasteiger partial charge on any atom is 0.341 e. The van der Waals surface area contributed by atoms with Crippen LogP contribution in [0.1, 0.15) is 68.6 Å². The average Bonchev–Trinajstić information content (AvgIpc) is 3.68. The summed E-state index contributed by atoms with van der Waals surface area (Å²) >= 11 is 4.26. The third-order valence-electron chi connectivity index (χ3n) is 7.43. The summed E-state index contributed by atoms with van der Waals surface area (Å²) in [6.07, 6.45) is 7.68. The molecule has 0 aliphatic heterocycles. The number of thioether (sulfide) groups is 1. The molecule has 0 saturated heterocycles. The van der Waals surface area contributed by atoms with E-state index >= 15 is 0 Å². The Morgan fingerprint density at radius 2 is 1.70 bits per heavy atom. The predicted octanol–water partition coefficient (Wildman–Crippen LogP) is 7.78. The molecule has 0 spiro atoms. The van der Waals surface area contributed by atoms with Crippen LogP contribution in [0.5, 0.6) is 0 Å². The zero-order valence-corrected chi connectivity index (χ0v) is 28.0. The number of anilines is 2. The van der Waals surface area contributed by atoms with Crippen molar-refractivity contribution in [2.75, 3.05) is 17.7 Å². The molecule has 238 valence electrons. The quantitative estimate of drug-likeness (QED) is 0.0900. The summed E-state index contributed by atoms with van der Waals surface area (Å²) in [6.45, 7) is 1.80. The Balaban J connectivity index is 1.27. The molecule has 0 bridgehead atoms. The number of hydrogen-bond acceptors (Lipinski definition) is 8. The van der Waals surface area contributed by atoms with Gasteiger partial charge in [-0.2, -0.15) is 0 Å². The van der Waals surface area contributed by atoms with Gasteiger partial charge in [0.25, 0.3) is 11.8 Å². The van der Waals surface area contributed by atoms with E-state index in [9.17, 15) is 19.2 Å². The molecule has 0 saturated carbocycles. The average molecular weight is 674 g/mol. The van der Waals surface area contributed by atoms with Gasteiger partial charge in [0, 0.05) is 25.9 Å². The summed E-state index contributed by atoms with van der Waals surface area (Å²) in [7, 11) is 1.36. The van der Waals surface area contributed by atoms with Crippen molar-refractivity contribution in [2.24, 2.45) is 0 Å². The van der Waals surface area contributed by atoms with Crippen molar-refractivity contribution in [3.05, 3.63) is 104 Å². The minimum atomic E-state index is -0.499. The molecule has 2 heterocycles. The summed E-state index contributed by atoms with van der Waals surface area (Å²) in [5.41, 5.74) is 2.53. The fourth-order valence-electron chi connectivity index (χ4n) is 5.10.